The minimum Gasteiger partial charge on any atom is -0.436 e. The second kappa shape index (κ2) is 10.0. The van der Waals surface area contributed by atoms with Gasteiger partial charge in [0.15, 0.2) is 5.58 Å². The summed E-state index contributed by atoms with van der Waals surface area (Å²) in [6.07, 6.45) is 0. The standard InChI is InChI=1S/C38H31NOSi/c1-41(2,3)31-21-19-27(20-22-31)26-15-17-28(18-16-26)29-9-8-10-30(25-29)32-23-24-35(34-12-5-4-11-33(32)34)38-39-36-13-6-7-14-37(36)40-38/h4-25H,1-3H3. The van der Waals surface area contributed by atoms with Gasteiger partial charge in [-0.15, -0.1) is 0 Å². The molecule has 0 aliphatic heterocycles. The van der Waals surface area contributed by atoms with E-state index in [1.54, 1.807) is 0 Å². The Morgan fingerprint density at radius 1 is 0.488 bits per heavy atom. The van der Waals surface area contributed by atoms with Crippen LogP contribution in [0.2, 0.25) is 19.6 Å². The smallest absolute Gasteiger partial charge is 0.227 e. The second-order valence-corrected chi connectivity index (χ2v) is 16.8. The maximum Gasteiger partial charge on any atom is 0.227 e. The topological polar surface area (TPSA) is 26.0 Å². The first-order valence-corrected chi connectivity index (χ1v) is 17.6. The van der Waals surface area contributed by atoms with Gasteiger partial charge in [-0.3, -0.25) is 0 Å². The highest BCUT2D eigenvalue weighted by Crippen LogP contribution is 2.37. The van der Waals surface area contributed by atoms with E-state index in [1.165, 1.54) is 44.0 Å². The predicted octanol–water partition coefficient (Wildman–Crippen LogP) is 10.2. The second-order valence-electron chi connectivity index (χ2n) is 11.7. The summed E-state index contributed by atoms with van der Waals surface area (Å²) in [5.41, 5.74) is 9.99. The minimum atomic E-state index is -1.30. The first-order chi connectivity index (χ1) is 19.9. The van der Waals surface area contributed by atoms with Crippen LogP contribution in [-0.2, 0) is 0 Å². The Kier molecular flexibility index (Phi) is 6.17. The molecule has 7 rings (SSSR count). The summed E-state index contributed by atoms with van der Waals surface area (Å²) in [6.45, 7) is 7.17. The number of benzene rings is 6. The van der Waals surface area contributed by atoms with Gasteiger partial charge in [-0.25, -0.2) is 4.98 Å². The number of nitrogens with zero attached hydrogens (tertiary/aromatic N) is 1. The summed E-state index contributed by atoms with van der Waals surface area (Å²) < 4.78 is 6.14. The molecule has 0 atom stereocenters. The van der Waals surface area contributed by atoms with Crippen molar-refractivity contribution in [1.29, 1.82) is 0 Å². The van der Waals surface area contributed by atoms with Crippen molar-refractivity contribution >= 4 is 35.1 Å². The molecule has 0 aliphatic carbocycles. The normalized spacial score (nSPS) is 11.8. The van der Waals surface area contributed by atoms with E-state index in [2.05, 4.69) is 129 Å². The molecule has 0 spiro atoms. The third-order valence-electron chi connectivity index (χ3n) is 7.92. The SMILES string of the molecule is C[Si](C)(C)c1ccc(-c2ccc(-c3cccc(-c4ccc(-c5nc6ccccc6o5)c5ccccc45)c3)cc2)cc1. The van der Waals surface area contributed by atoms with E-state index in [0.717, 1.165) is 22.0 Å². The number of hydrogen-bond donors (Lipinski definition) is 0. The van der Waals surface area contributed by atoms with E-state index < -0.39 is 8.07 Å². The molecule has 0 N–H and O–H groups in total. The van der Waals surface area contributed by atoms with Gasteiger partial charge in [0, 0.05) is 5.56 Å². The van der Waals surface area contributed by atoms with Gasteiger partial charge in [0.2, 0.25) is 5.89 Å². The van der Waals surface area contributed by atoms with Crippen LogP contribution in [0.4, 0.5) is 0 Å². The summed E-state index contributed by atoms with van der Waals surface area (Å²) in [7, 11) is -1.30. The molecule has 3 heteroatoms. The number of oxazole rings is 1. The van der Waals surface area contributed by atoms with Crippen molar-refractivity contribution in [2.75, 3.05) is 0 Å². The zero-order valence-corrected chi connectivity index (χ0v) is 24.6. The molecule has 0 radical (unpaired) electrons. The van der Waals surface area contributed by atoms with Crippen LogP contribution < -0.4 is 5.19 Å². The molecular weight excluding hydrogens is 515 g/mol. The molecule has 0 saturated carbocycles. The molecule has 0 fully saturated rings. The van der Waals surface area contributed by atoms with Crippen LogP contribution in [0, 0.1) is 0 Å². The van der Waals surface area contributed by atoms with Crippen LogP contribution in [0.15, 0.2) is 138 Å². The maximum absolute atomic E-state index is 6.14. The predicted molar refractivity (Wildman–Crippen MR) is 176 cm³/mol. The summed E-state index contributed by atoms with van der Waals surface area (Å²) in [5.74, 6) is 0.651. The molecule has 198 valence electrons. The molecule has 6 aromatic carbocycles. The van der Waals surface area contributed by atoms with Crippen molar-refractivity contribution < 1.29 is 4.42 Å². The first-order valence-electron chi connectivity index (χ1n) is 14.1. The average molecular weight is 546 g/mol. The number of fused-ring (bicyclic) bond motifs is 2. The third-order valence-corrected chi connectivity index (χ3v) is 9.99. The average Bonchev–Trinajstić information content (AvgIpc) is 3.44. The number of para-hydroxylation sites is 2. The van der Waals surface area contributed by atoms with Gasteiger partial charge in [-0.05, 0) is 68.4 Å². The lowest BCUT2D eigenvalue weighted by molar-refractivity contribution is 0.620. The van der Waals surface area contributed by atoms with Gasteiger partial charge in [0.25, 0.3) is 0 Å². The van der Waals surface area contributed by atoms with Crippen molar-refractivity contribution in [1.82, 2.24) is 4.98 Å². The largest absolute Gasteiger partial charge is 0.436 e. The zero-order chi connectivity index (χ0) is 28.0. The van der Waals surface area contributed by atoms with Crippen molar-refractivity contribution in [2.45, 2.75) is 19.6 Å². The van der Waals surface area contributed by atoms with E-state index in [1.807, 2.05) is 24.3 Å². The van der Waals surface area contributed by atoms with Crippen molar-refractivity contribution in [2.24, 2.45) is 0 Å². The van der Waals surface area contributed by atoms with Crippen LogP contribution in [0.5, 0.6) is 0 Å². The van der Waals surface area contributed by atoms with E-state index in [-0.39, 0.29) is 0 Å². The Morgan fingerprint density at radius 2 is 1.05 bits per heavy atom. The number of aromatic nitrogens is 1. The lowest BCUT2D eigenvalue weighted by atomic mass is 9.92. The Balaban J connectivity index is 1.23. The first kappa shape index (κ1) is 25.2. The van der Waals surface area contributed by atoms with Gasteiger partial charge in [0.05, 0.1) is 8.07 Å². The quantitative estimate of drug-likeness (QED) is 0.201. The Hall–Kier alpha value is -4.73. The highest BCUT2D eigenvalue weighted by atomic mass is 28.3. The van der Waals surface area contributed by atoms with E-state index in [9.17, 15) is 0 Å². The lowest BCUT2D eigenvalue weighted by Crippen LogP contribution is -2.37. The highest BCUT2D eigenvalue weighted by Gasteiger charge is 2.16. The molecule has 0 bridgehead atoms. The molecule has 2 nitrogen and oxygen atoms in total. The molecule has 0 amide bonds. The molecule has 0 saturated heterocycles. The molecule has 0 unspecified atom stereocenters. The number of hydrogen-bond acceptors (Lipinski definition) is 2. The van der Waals surface area contributed by atoms with Gasteiger partial charge >= 0.3 is 0 Å². The molecule has 41 heavy (non-hydrogen) atoms. The summed E-state index contributed by atoms with van der Waals surface area (Å²) in [5, 5.41) is 3.80. The molecule has 7 aromatic rings. The monoisotopic (exact) mass is 545 g/mol. The Morgan fingerprint density at radius 3 is 1.73 bits per heavy atom. The van der Waals surface area contributed by atoms with Crippen LogP contribution in [-0.4, -0.2) is 13.1 Å². The fourth-order valence-electron chi connectivity index (χ4n) is 5.61. The summed E-state index contributed by atoms with van der Waals surface area (Å²) >= 11 is 0. The molecule has 1 aromatic heterocycles. The van der Waals surface area contributed by atoms with Crippen molar-refractivity contribution in [3.8, 4) is 44.8 Å². The van der Waals surface area contributed by atoms with Crippen LogP contribution in [0.3, 0.4) is 0 Å². The Labute approximate surface area is 242 Å². The van der Waals surface area contributed by atoms with Gasteiger partial charge in [-0.2, -0.15) is 0 Å². The fraction of sp³-hybridized carbons (Fsp3) is 0.0789. The minimum absolute atomic E-state index is 0.651. The highest BCUT2D eigenvalue weighted by molar-refractivity contribution is 6.88. The van der Waals surface area contributed by atoms with Crippen LogP contribution >= 0.6 is 0 Å². The summed E-state index contributed by atoms with van der Waals surface area (Å²) in [4.78, 5) is 4.77. The maximum atomic E-state index is 6.14. The third kappa shape index (κ3) is 4.79. The Bertz CT molecular complexity index is 1980. The van der Waals surface area contributed by atoms with Gasteiger partial charge < -0.3 is 4.42 Å². The lowest BCUT2D eigenvalue weighted by Gasteiger charge is -2.17. The van der Waals surface area contributed by atoms with Crippen LogP contribution in [0.1, 0.15) is 0 Å². The van der Waals surface area contributed by atoms with Gasteiger partial charge in [0.1, 0.15) is 5.52 Å². The zero-order valence-electron chi connectivity index (χ0n) is 23.6. The fourth-order valence-corrected chi connectivity index (χ4v) is 6.78. The van der Waals surface area contributed by atoms with E-state index in [4.69, 9.17) is 9.40 Å². The number of rotatable bonds is 5. The molecule has 1 heterocycles. The van der Waals surface area contributed by atoms with Gasteiger partial charge in [-0.1, -0.05) is 134 Å². The van der Waals surface area contributed by atoms with E-state index in [0.29, 0.717) is 5.89 Å². The summed E-state index contributed by atoms with van der Waals surface area (Å²) in [6, 6.07) is 47.6. The van der Waals surface area contributed by atoms with E-state index >= 15 is 0 Å². The van der Waals surface area contributed by atoms with Crippen LogP contribution in [0.25, 0.3) is 66.7 Å². The molecule has 0 aliphatic rings. The van der Waals surface area contributed by atoms with Crippen molar-refractivity contribution in [3.05, 3.63) is 133 Å². The van der Waals surface area contributed by atoms with Crippen molar-refractivity contribution in [3.63, 3.8) is 0 Å². The molecular formula is C38H31NOSi.